The van der Waals surface area contributed by atoms with Gasteiger partial charge in [-0.3, -0.25) is 0 Å². The second-order valence-corrected chi connectivity index (χ2v) is 5.67. The number of ether oxygens (including phenoxy) is 1. The molecule has 0 amide bonds. The van der Waals surface area contributed by atoms with Crippen molar-refractivity contribution in [3.05, 3.63) is 28.3 Å². The molecule has 0 N–H and O–H groups in total. The van der Waals surface area contributed by atoms with Crippen molar-refractivity contribution in [1.82, 2.24) is 0 Å². The number of carbonyl (C=O) groups is 1. The van der Waals surface area contributed by atoms with Gasteiger partial charge < -0.3 is 4.74 Å². The van der Waals surface area contributed by atoms with Gasteiger partial charge in [-0.1, -0.05) is 11.6 Å². The second-order valence-electron chi connectivity index (χ2n) is 3.31. The first-order valence-electron chi connectivity index (χ1n) is 4.36. The van der Waals surface area contributed by atoms with Gasteiger partial charge in [-0.15, -0.1) is 0 Å². The zero-order chi connectivity index (χ0) is 12.5. The lowest BCUT2D eigenvalue weighted by molar-refractivity contribution is 0.0599. The Morgan fingerprint density at radius 3 is 2.38 bits per heavy atom. The molecule has 6 heteroatoms. The summed E-state index contributed by atoms with van der Waals surface area (Å²) in [6.45, 7) is 1.52. The minimum atomic E-state index is -3.47. The minimum Gasteiger partial charge on any atom is -0.465 e. The highest BCUT2D eigenvalue weighted by molar-refractivity contribution is 7.90. The summed E-state index contributed by atoms with van der Waals surface area (Å²) in [6.07, 6.45) is 1.04. The topological polar surface area (TPSA) is 60.4 Å². The normalized spacial score (nSPS) is 11.2. The van der Waals surface area contributed by atoms with Crippen LogP contribution in [-0.4, -0.2) is 27.8 Å². The van der Waals surface area contributed by atoms with Crippen LogP contribution in [-0.2, 0) is 14.6 Å². The molecule has 88 valence electrons. The lowest BCUT2D eigenvalue weighted by atomic mass is 10.1. The molecule has 0 aliphatic rings. The number of rotatable bonds is 2. The summed E-state index contributed by atoms with van der Waals surface area (Å²) in [6, 6.07) is 2.81. The first-order chi connectivity index (χ1) is 7.29. The maximum Gasteiger partial charge on any atom is 0.338 e. The fourth-order valence-electron chi connectivity index (χ4n) is 1.44. The molecule has 0 heterocycles. The van der Waals surface area contributed by atoms with E-state index in [1.807, 2.05) is 0 Å². The van der Waals surface area contributed by atoms with Gasteiger partial charge in [0.1, 0.15) is 0 Å². The summed E-state index contributed by atoms with van der Waals surface area (Å²) in [7, 11) is -2.24. The summed E-state index contributed by atoms with van der Waals surface area (Å²) in [4.78, 5) is 11.3. The largest absolute Gasteiger partial charge is 0.465 e. The SMILES string of the molecule is COC(=O)c1ccc(Cl)c(S(C)(=O)=O)c1C. The van der Waals surface area contributed by atoms with Gasteiger partial charge in [0, 0.05) is 6.26 Å². The van der Waals surface area contributed by atoms with Gasteiger partial charge in [0.25, 0.3) is 0 Å². The fourth-order valence-corrected chi connectivity index (χ4v) is 3.16. The van der Waals surface area contributed by atoms with Gasteiger partial charge in [0.15, 0.2) is 9.84 Å². The number of esters is 1. The number of carbonyl (C=O) groups excluding carboxylic acids is 1. The summed E-state index contributed by atoms with van der Waals surface area (Å²) in [5, 5.41) is 0.104. The van der Waals surface area contributed by atoms with E-state index in [4.69, 9.17) is 11.6 Å². The summed E-state index contributed by atoms with van der Waals surface area (Å²) < 4.78 is 27.6. The lowest BCUT2D eigenvalue weighted by Crippen LogP contribution is -2.09. The molecule has 16 heavy (non-hydrogen) atoms. The van der Waals surface area contributed by atoms with Crippen LogP contribution in [0.1, 0.15) is 15.9 Å². The van der Waals surface area contributed by atoms with Crippen molar-refractivity contribution in [1.29, 1.82) is 0 Å². The molecule has 0 radical (unpaired) electrons. The van der Waals surface area contributed by atoms with Crippen LogP contribution in [0.4, 0.5) is 0 Å². The van der Waals surface area contributed by atoms with Crippen LogP contribution in [0, 0.1) is 6.92 Å². The van der Waals surface area contributed by atoms with Crippen LogP contribution in [0.2, 0.25) is 5.02 Å². The van der Waals surface area contributed by atoms with Crippen molar-refractivity contribution in [3.63, 3.8) is 0 Å². The van der Waals surface area contributed by atoms with Crippen molar-refractivity contribution in [2.45, 2.75) is 11.8 Å². The highest BCUT2D eigenvalue weighted by Gasteiger charge is 2.21. The highest BCUT2D eigenvalue weighted by atomic mass is 35.5. The fraction of sp³-hybridized carbons (Fsp3) is 0.300. The van der Waals surface area contributed by atoms with E-state index in [0.29, 0.717) is 5.56 Å². The average Bonchev–Trinajstić information content (AvgIpc) is 2.14. The average molecular weight is 263 g/mol. The number of hydrogen-bond acceptors (Lipinski definition) is 4. The van der Waals surface area contributed by atoms with E-state index in [0.717, 1.165) is 6.26 Å². The second kappa shape index (κ2) is 4.43. The Bertz CT molecular complexity index is 534. The molecule has 4 nitrogen and oxygen atoms in total. The number of hydrogen-bond donors (Lipinski definition) is 0. The summed E-state index contributed by atoms with van der Waals surface area (Å²) in [5.74, 6) is -0.584. The Hall–Kier alpha value is -1.07. The predicted octanol–water partition coefficient (Wildman–Crippen LogP) is 1.84. The molecule has 0 saturated carbocycles. The number of sulfone groups is 1. The Morgan fingerprint density at radius 2 is 1.94 bits per heavy atom. The van der Waals surface area contributed by atoms with E-state index in [-0.39, 0.29) is 15.5 Å². The Labute approximate surface area is 99.1 Å². The van der Waals surface area contributed by atoms with E-state index >= 15 is 0 Å². The number of methoxy groups -OCH3 is 1. The summed E-state index contributed by atoms with van der Waals surface area (Å²) >= 11 is 5.80. The molecule has 0 atom stereocenters. The molecule has 0 unspecified atom stereocenters. The van der Waals surface area contributed by atoms with Crippen LogP contribution >= 0.6 is 11.6 Å². The first kappa shape index (κ1) is 13.0. The summed E-state index contributed by atoms with van der Waals surface area (Å²) in [5.41, 5.74) is 0.508. The third kappa shape index (κ3) is 2.36. The third-order valence-electron chi connectivity index (χ3n) is 2.13. The van der Waals surface area contributed by atoms with Crippen molar-refractivity contribution in [3.8, 4) is 0 Å². The van der Waals surface area contributed by atoms with Gasteiger partial charge in [-0.2, -0.15) is 0 Å². The lowest BCUT2D eigenvalue weighted by Gasteiger charge is -2.10. The number of benzene rings is 1. The van der Waals surface area contributed by atoms with Crippen molar-refractivity contribution in [2.75, 3.05) is 13.4 Å². The van der Waals surface area contributed by atoms with Gasteiger partial charge >= 0.3 is 5.97 Å². The highest BCUT2D eigenvalue weighted by Crippen LogP contribution is 2.27. The smallest absolute Gasteiger partial charge is 0.338 e. The molecule has 0 bridgehead atoms. The molecule has 1 rings (SSSR count). The molecule has 0 fully saturated rings. The standard InChI is InChI=1S/C10H11ClO4S/c1-6-7(10(12)15-2)4-5-8(11)9(6)16(3,13)14/h4-5H,1-3H3. The minimum absolute atomic E-state index is 0.0305. The van der Waals surface area contributed by atoms with E-state index in [9.17, 15) is 13.2 Å². The van der Waals surface area contributed by atoms with Crippen LogP contribution in [0.3, 0.4) is 0 Å². The quantitative estimate of drug-likeness (QED) is 0.763. The maximum atomic E-state index is 11.5. The van der Waals surface area contributed by atoms with Crippen LogP contribution < -0.4 is 0 Å². The van der Waals surface area contributed by atoms with Gasteiger partial charge in [0.05, 0.1) is 22.6 Å². The van der Waals surface area contributed by atoms with Gasteiger partial charge in [-0.05, 0) is 24.6 Å². The molecule has 1 aromatic carbocycles. The van der Waals surface area contributed by atoms with E-state index in [2.05, 4.69) is 4.74 Å². The zero-order valence-electron chi connectivity index (χ0n) is 9.07. The van der Waals surface area contributed by atoms with Crippen LogP contribution in [0.15, 0.2) is 17.0 Å². The Kier molecular flexibility index (Phi) is 3.60. The monoisotopic (exact) mass is 262 g/mol. The molecule has 0 saturated heterocycles. The van der Waals surface area contributed by atoms with E-state index in [1.54, 1.807) is 0 Å². The van der Waals surface area contributed by atoms with Crippen LogP contribution in [0.25, 0.3) is 0 Å². The zero-order valence-corrected chi connectivity index (χ0v) is 10.6. The van der Waals surface area contributed by atoms with Crippen molar-refractivity contribution < 1.29 is 17.9 Å². The van der Waals surface area contributed by atoms with E-state index in [1.165, 1.54) is 26.2 Å². The van der Waals surface area contributed by atoms with Crippen molar-refractivity contribution in [2.24, 2.45) is 0 Å². The Balaban J connectivity index is 3.58. The molecule has 1 aromatic rings. The molecule has 0 spiro atoms. The first-order valence-corrected chi connectivity index (χ1v) is 6.63. The van der Waals surface area contributed by atoms with Crippen molar-refractivity contribution >= 4 is 27.4 Å². The Morgan fingerprint density at radius 1 is 1.38 bits per heavy atom. The predicted molar refractivity (Wildman–Crippen MR) is 60.6 cm³/mol. The number of halogens is 1. The van der Waals surface area contributed by atoms with Gasteiger partial charge in [-0.25, -0.2) is 13.2 Å². The molecular weight excluding hydrogens is 252 g/mol. The molecular formula is C10H11ClO4S. The van der Waals surface area contributed by atoms with Gasteiger partial charge in [0.2, 0.25) is 0 Å². The molecule has 0 aliphatic carbocycles. The van der Waals surface area contributed by atoms with E-state index < -0.39 is 15.8 Å². The van der Waals surface area contributed by atoms with Crippen LogP contribution in [0.5, 0.6) is 0 Å². The molecule has 0 aromatic heterocycles. The maximum absolute atomic E-state index is 11.5. The molecule has 0 aliphatic heterocycles. The third-order valence-corrected chi connectivity index (χ3v) is 3.83.